The molecule has 6 heteroatoms. The predicted octanol–water partition coefficient (Wildman–Crippen LogP) is 3.33. The maximum atomic E-state index is 11.4. The van der Waals surface area contributed by atoms with E-state index in [9.17, 15) is 18.1 Å². The van der Waals surface area contributed by atoms with Crippen molar-refractivity contribution in [1.29, 1.82) is 0 Å². The molecule has 0 radical (unpaired) electrons. The zero-order valence-electron chi connectivity index (χ0n) is 19.0. The van der Waals surface area contributed by atoms with Crippen LogP contribution in [0.15, 0.2) is 0 Å². The topological polar surface area (TPSA) is 77.4 Å². The summed E-state index contributed by atoms with van der Waals surface area (Å²) in [6.45, 7) is 4.15. The Balaban J connectivity index is 0. The number of hydrogen-bond acceptors (Lipinski definition) is 4. The van der Waals surface area contributed by atoms with Crippen LogP contribution in [0, 0.1) is 0 Å². The standard InChI is InChI=1S/C22H46O4S.Na/c1-3-5-6-16-19-22(27(24,25)26)20-17-14-12-10-8-7-9-11-13-15-18-21(23)4-2;/h21-23H,3-20H2,1-2H3,(H,24,25,26);/q;+1/p-1. The van der Waals surface area contributed by atoms with Gasteiger partial charge in [-0.05, 0) is 25.7 Å². The summed E-state index contributed by atoms with van der Waals surface area (Å²) in [6.07, 6.45) is 18.6. The van der Waals surface area contributed by atoms with Crippen LogP contribution in [0.25, 0.3) is 0 Å². The predicted molar refractivity (Wildman–Crippen MR) is 114 cm³/mol. The van der Waals surface area contributed by atoms with Gasteiger partial charge in [0.15, 0.2) is 0 Å². The molecule has 4 nitrogen and oxygen atoms in total. The Kier molecular flexibility index (Phi) is 23.4. The molecule has 0 aliphatic heterocycles. The van der Waals surface area contributed by atoms with Gasteiger partial charge < -0.3 is 9.66 Å². The van der Waals surface area contributed by atoms with Gasteiger partial charge in [-0.25, -0.2) is 8.42 Å². The van der Waals surface area contributed by atoms with Gasteiger partial charge in [0.1, 0.15) is 0 Å². The number of aliphatic hydroxyl groups is 1. The third-order valence-electron chi connectivity index (χ3n) is 5.57. The smallest absolute Gasteiger partial charge is 0.748 e. The van der Waals surface area contributed by atoms with Crippen molar-refractivity contribution >= 4 is 10.1 Å². The molecule has 0 fully saturated rings. The fourth-order valence-corrected chi connectivity index (χ4v) is 4.51. The normalized spacial score (nSPS) is 13.9. The summed E-state index contributed by atoms with van der Waals surface area (Å²) in [4.78, 5) is 0. The molecule has 0 saturated carbocycles. The van der Waals surface area contributed by atoms with Crippen molar-refractivity contribution in [3.8, 4) is 0 Å². The second-order valence-corrected chi connectivity index (χ2v) is 9.79. The molecule has 164 valence electrons. The SMILES string of the molecule is CCCCCCC(CCCCCCCCCCCCC(O)CC)S(=O)(=O)[O-].[Na+]. The molecule has 0 aliphatic rings. The zero-order valence-corrected chi connectivity index (χ0v) is 21.8. The summed E-state index contributed by atoms with van der Waals surface area (Å²) in [7, 11) is -4.14. The van der Waals surface area contributed by atoms with E-state index in [0.717, 1.165) is 64.2 Å². The van der Waals surface area contributed by atoms with E-state index in [1.165, 1.54) is 38.5 Å². The second-order valence-electron chi connectivity index (χ2n) is 8.14. The fourth-order valence-electron chi connectivity index (χ4n) is 3.60. The van der Waals surface area contributed by atoms with Crippen LogP contribution in [0.4, 0.5) is 0 Å². The molecule has 2 unspecified atom stereocenters. The molecule has 0 aromatic rings. The van der Waals surface area contributed by atoms with E-state index in [4.69, 9.17) is 0 Å². The van der Waals surface area contributed by atoms with Gasteiger partial charge in [-0.1, -0.05) is 104 Å². The number of unbranched alkanes of at least 4 members (excludes halogenated alkanes) is 12. The third-order valence-corrected chi connectivity index (χ3v) is 6.86. The molecule has 1 N–H and O–H groups in total. The zero-order chi connectivity index (χ0) is 20.4. The minimum absolute atomic E-state index is 0. The summed E-state index contributed by atoms with van der Waals surface area (Å²) in [6, 6.07) is 0. The molecule has 0 heterocycles. The Hall–Kier alpha value is 0.870. The van der Waals surface area contributed by atoms with E-state index < -0.39 is 15.4 Å². The van der Waals surface area contributed by atoms with Gasteiger partial charge in [-0.2, -0.15) is 0 Å². The number of rotatable bonds is 20. The van der Waals surface area contributed by atoms with E-state index in [-0.39, 0.29) is 35.7 Å². The van der Waals surface area contributed by atoms with Crippen molar-refractivity contribution in [3.63, 3.8) is 0 Å². The average molecular weight is 429 g/mol. The summed E-state index contributed by atoms with van der Waals surface area (Å²) < 4.78 is 34.2. The molecule has 2 atom stereocenters. The molecule has 0 amide bonds. The van der Waals surface area contributed by atoms with Crippen LogP contribution < -0.4 is 29.6 Å². The van der Waals surface area contributed by atoms with Crippen molar-refractivity contribution in [2.45, 2.75) is 141 Å². The van der Waals surface area contributed by atoms with Crippen LogP contribution in [0.5, 0.6) is 0 Å². The Morgan fingerprint density at radius 3 is 1.39 bits per heavy atom. The van der Waals surface area contributed by atoms with Gasteiger partial charge in [0.25, 0.3) is 0 Å². The summed E-state index contributed by atoms with van der Waals surface area (Å²) in [5.41, 5.74) is 0. The Morgan fingerprint density at radius 1 is 0.679 bits per heavy atom. The number of hydrogen-bond donors (Lipinski definition) is 1. The number of aliphatic hydroxyl groups excluding tert-OH is 1. The molecule has 0 aliphatic carbocycles. The summed E-state index contributed by atoms with van der Waals surface area (Å²) in [5.74, 6) is 0. The van der Waals surface area contributed by atoms with Crippen LogP contribution in [0.1, 0.15) is 129 Å². The van der Waals surface area contributed by atoms with E-state index in [1.54, 1.807) is 0 Å². The van der Waals surface area contributed by atoms with Gasteiger partial charge >= 0.3 is 29.6 Å². The molecule has 0 spiro atoms. The van der Waals surface area contributed by atoms with Crippen LogP contribution >= 0.6 is 0 Å². The summed E-state index contributed by atoms with van der Waals surface area (Å²) in [5, 5.41) is 8.83. The molecular formula is C22H45NaO4S. The van der Waals surface area contributed by atoms with Crippen molar-refractivity contribution in [2.24, 2.45) is 0 Å². The van der Waals surface area contributed by atoms with Gasteiger partial charge in [0.05, 0.1) is 16.2 Å². The molecule has 0 aromatic heterocycles. The quantitative estimate of drug-likeness (QED) is 0.183. The summed E-state index contributed by atoms with van der Waals surface area (Å²) >= 11 is 0. The first-order valence-corrected chi connectivity index (χ1v) is 13.0. The van der Waals surface area contributed by atoms with E-state index in [1.807, 2.05) is 6.92 Å². The Morgan fingerprint density at radius 2 is 1.04 bits per heavy atom. The van der Waals surface area contributed by atoms with Crippen LogP contribution in [0.2, 0.25) is 0 Å². The third kappa shape index (κ3) is 20.2. The molecule has 0 rings (SSSR count). The monoisotopic (exact) mass is 428 g/mol. The van der Waals surface area contributed by atoms with Crippen molar-refractivity contribution < 1.29 is 47.6 Å². The van der Waals surface area contributed by atoms with Crippen LogP contribution in [0.3, 0.4) is 0 Å². The van der Waals surface area contributed by atoms with Gasteiger partial charge in [-0.3, -0.25) is 0 Å². The van der Waals surface area contributed by atoms with Gasteiger partial charge in [-0.15, -0.1) is 0 Å². The first kappa shape index (κ1) is 31.1. The minimum Gasteiger partial charge on any atom is -0.748 e. The van der Waals surface area contributed by atoms with E-state index in [0.29, 0.717) is 12.8 Å². The molecule has 0 saturated heterocycles. The largest absolute Gasteiger partial charge is 1.00 e. The van der Waals surface area contributed by atoms with Crippen LogP contribution in [-0.2, 0) is 10.1 Å². The fraction of sp³-hybridized carbons (Fsp3) is 1.00. The molecule has 0 bridgehead atoms. The van der Waals surface area contributed by atoms with Gasteiger partial charge in [0.2, 0.25) is 0 Å². The first-order chi connectivity index (χ1) is 12.9. The molecule has 28 heavy (non-hydrogen) atoms. The molecule has 0 aromatic carbocycles. The Bertz CT molecular complexity index is 415. The van der Waals surface area contributed by atoms with Crippen LogP contribution in [-0.4, -0.2) is 29.4 Å². The Labute approximate surface area is 197 Å². The maximum absolute atomic E-state index is 11.4. The van der Waals surface area contributed by atoms with Crippen molar-refractivity contribution in [3.05, 3.63) is 0 Å². The minimum atomic E-state index is -4.14. The average Bonchev–Trinajstić information content (AvgIpc) is 2.62. The maximum Gasteiger partial charge on any atom is 1.00 e. The van der Waals surface area contributed by atoms with E-state index in [2.05, 4.69) is 6.92 Å². The van der Waals surface area contributed by atoms with Crippen molar-refractivity contribution in [2.75, 3.05) is 0 Å². The van der Waals surface area contributed by atoms with Crippen molar-refractivity contribution in [1.82, 2.24) is 0 Å². The molecular weight excluding hydrogens is 383 g/mol. The van der Waals surface area contributed by atoms with Gasteiger partial charge in [0, 0.05) is 5.25 Å². The second kappa shape index (κ2) is 21.1. The first-order valence-electron chi connectivity index (χ1n) is 11.5. The van der Waals surface area contributed by atoms with E-state index >= 15 is 0 Å².